The summed E-state index contributed by atoms with van der Waals surface area (Å²) in [5, 5.41) is 4.31. The van der Waals surface area contributed by atoms with Gasteiger partial charge in [0, 0.05) is 18.0 Å². The van der Waals surface area contributed by atoms with Crippen LogP contribution in [0.1, 0.15) is 36.2 Å². The number of benzene rings is 1. The third-order valence-corrected chi connectivity index (χ3v) is 2.94. The Morgan fingerprint density at radius 2 is 1.76 bits per heavy atom. The fourth-order valence-electron chi connectivity index (χ4n) is 1.93. The highest BCUT2D eigenvalue weighted by atomic mass is 16.2. The molecule has 0 saturated carbocycles. The predicted octanol–water partition coefficient (Wildman–Crippen LogP) is 3.26. The maximum Gasteiger partial charge on any atom is 0.271 e. The minimum absolute atomic E-state index is 0.227. The number of amides is 1. The average Bonchev–Trinajstić information content (AvgIpc) is 2.52. The first-order valence-corrected chi connectivity index (χ1v) is 6.99. The van der Waals surface area contributed by atoms with Crippen molar-refractivity contribution in [1.29, 1.82) is 0 Å². The van der Waals surface area contributed by atoms with Crippen molar-refractivity contribution in [3.8, 4) is 0 Å². The van der Waals surface area contributed by atoms with Crippen LogP contribution in [-0.2, 0) is 0 Å². The van der Waals surface area contributed by atoms with Crippen LogP contribution in [-0.4, -0.2) is 16.6 Å². The summed E-state index contributed by atoms with van der Waals surface area (Å²) in [4.78, 5) is 15.9. The Morgan fingerprint density at radius 1 is 1.10 bits per heavy atom. The summed E-state index contributed by atoms with van der Waals surface area (Å²) >= 11 is 0. The van der Waals surface area contributed by atoms with Gasteiger partial charge in [0.2, 0.25) is 0 Å². The quantitative estimate of drug-likeness (QED) is 0.675. The number of carbonyl (C=O) groups excluding carboxylic acids is 1. The molecule has 1 amide bonds. The molecule has 0 unspecified atom stereocenters. The van der Waals surface area contributed by atoms with E-state index in [2.05, 4.69) is 29.4 Å². The molecule has 2 rings (SSSR count). The van der Waals surface area contributed by atoms with Crippen LogP contribution in [0.2, 0.25) is 0 Å². The van der Waals surface area contributed by atoms with Crippen LogP contribution >= 0.6 is 0 Å². The number of nitrogens with one attached hydrogen (secondary N) is 1. The zero-order valence-corrected chi connectivity index (χ0v) is 12.3. The second-order valence-electron chi connectivity index (χ2n) is 5.20. The molecular weight excluding hydrogens is 262 g/mol. The molecule has 0 spiro atoms. The fraction of sp³-hybridized carbons (Fsp3) is 0.235. The smallest absolute Gasteiger partial charge is 0.267 e. The van der Waals surface area contributed by atoms with Crippen molar-refractivity contribution in [3.63, 3.8) is 0 Å². The Kier molecular flexibility index (Phi) is 5.21. The van der Waals surface area contributed by atoms with Gasteiger partial charge in [-0.3, -0.25) is 9.78 Å². The normalized spacial score (nSPS) is 11.5. The second kappa shape index (κ2) is 7.33. The molecule has 108 valence electrons. The summed E-state index contributed by atoms with van der Waals surface area (Å²) in [5.74, 6) is 0.233. The van der Waals surface area contributed by atoms with E-state index in [1.807, 2.05) is 30.3 Å². The highest BCUT2D eigenvalue weighted by Crippen LogP contribution is 2.10. The molecule has 1 aromatic carbocycles. The third-order valence-electron chi connectivity index (χ3n) is 2.94. The molecule has 0 radical (unpaired) electrons. The van der Waals surface area contributed by atoms with E-state index in [1.54, 1.807) is 24.5 Å². The van der Waals surface area contributed by atoms with E-state index in [-0.39, 0.29) is 5.91 Å². The zero-order chi connectivity index (χ0) is 15.1. The second-order valence-corrected chi connectivity index (χ2v) is 5.20. The Labute approximate surface area is 124 Å². The Hall–Kier alpha value is -2.49. The maximum atomic E-state index is 12.0. The lowest BCUT2D eigenvalue weighted by Crippen LogP contribution is -2.20. The largest absolute Gasteiger partial charge is 0.271 e. The molecule has 0 fully saturated rings. The van der Waals surface area contributed by atoms with Crippen LogP contribution in [0.15, 0.2) is 60.0 Å². The van der Waals surface area contributed by atoms with Crippen LogP contribution in [0.3, 0.4) is 0 Å². The Balaban J connectivity index is 2.16. The lowest BCUT2D eigenvalue weighted by atomic mass is 10.0. The van der Waals surface area contributed by atoms with Gasteiger partial charge in [0.15, 0.2) is 0 Å². The van der Waals surface area contributed by atoms with E-state index >= 15 is 0 Å². The Bertz CT molecular complexity index is 606. The van der Waals surface area contributed by atoms with Crippen molar-refractivity contribution in [3.05, 3.63) is 66.0 Å². The average molecular weight is 281 g/mol. The number of carbonyl (C=O) groups is 1. The monoisotopic (exact) mass is 281 g/mol. The molecule has 0 bridgehead atoms. The van der Waals surface area contributed by atoms with Gasteiger partial charge in [-0.05, 0) is 30.0 Å². The first-order chi connectivity index (χ1) is 10.2. The lowest BCUT2D eigenvalue weighted by Gasteiger charge is -2.10. The molecule has 0 atom stereocenters. The molecule has 0 saturated heterocycles. The highest BCUT2D eigenvalue weighted by Gasteiger charge is 2.08. The SMILES string of the molecule is CC(C)C/C(=N/NC(=O)c1ccncc1)c1ccccc1. The summed E-state index contributed by atoms with van der Waals surface area (Å²) in [7, 11) is 0. The van der Waals surface area contributed by atoms with Crippen LogP contribution in [0.4, 0.5) is 0 Å². The van der Waals surface area contributed by atoms with Crippen LogP contribution < -0.4 is 5.43 Å². The van der Waals surface area contributed by atoms with Gasteiger partial charge in [0.05, 0.1) is 5.71 Å². The lowest BCUT2D eigenvalue weighted by molar-refractivity contribution is 0.0954. The molecule has 0 aliphatic carbocycles. The molecule has 1 N–H and O–H groups in total. The van der Waals surface area contributed by atoms with E-state index in [1.165, 1.54) is 0 Å². The number of pyridine rings is 1. The van der Waals surface area contributed by atoms with Crippen molar-refractivity contribution in [2.75, 3.05) is 0 Å². The molecule has 0 aliphatic heterocycles. The van der Waals surface area contributed by atoms with Crippen molar-refractivity contribution in [2.45, 2.75) is 20.3 Å². The molecule has 21 heavy (non-hydrogen) atoms. The van der Waals surface area contributed by atoms with Gasteiger partial charge < -0.3 is 0 Å². The van der Waals surface area contributed by atoms with E-state index in [9.17, 15) is 4.79 Å². The van der Waals surface area contributed by atoms with Gasteiger partial charge in [-0.1, -0.05) is 44.2 Å². The third kappa shape index (κ3) is 4.53. The summed E-state index contributed by atoms with van der Waals surface area (Å²) in [6.07, 6.45) is 3.98. The van der Waals surface area contributed by atoms with Gasteiger partial charge in [0.1, 0.15) is 0 Å². The van der Waals surface area contributed by atoms with Crippen molar-refractivity contribution >= 4 is 11.6 Å². The van der Waals surface area contributed by atoms with Gasteiger partial charge >= 0.3 is 0 Å². The van der Waals surface area contributed by atoms with E-state index in [4.69, 9.17) is 0 Å². The highest BCUT2D eigenvalue weighted by molar-refractivity contribution is 6.02. The summed E-state index contributed by atoms with van der Waals surface area (Å²) in [6.45, 7) is 4.26. The van der Waals surface area contributed by atoms with Crippen LogP contribution in [0, 0.1) is 5.92 Å². The summed E-state index contributed by atoms with van der Waals surface area (Å²) in [5.41, 5.74) is 5.08. The van der Waals surface area contributed by atoms with E-state index in [0.717, 1.165) is 17.7 Å². The number of hydrazone groups is 1. The minimum atomic E-state index is -0.227. The van der Waals surface area contributed by atoms with E-state index in [0.29, 0.717) is 11.5 Å². The molecule has 4 heteroatoms. The topological polar surface area (TPSA) is 54.4 Å². The number of hydrogen-bond donors (Lipinski definition) is 1. The molecule has 1 heterocycles. The molecular formula is C17H19N3O. The zero-order valence-electron chi connectivity index (χ0n) is 12.3. The van der Waals surface area contributed by atoms with Crippen LogP contribution in [0.25, 0.3) is 0 Å². The van der Waals surface area contributed by atoms with Gasteiger partial charge in [-0.15, -0.1) is 0 Å². The standard InChI is InChI=1S/C17H19N3O/c1-13(2)12-16(14-6-4-3-5-7-14)19-20-17(21)15-8-10-18-11-9-15/h3-11,13H,12H2,1-2H3,(H,20,21)/b19-16-. The number of rotatable bonds is 5. The number of aromatic nitrogens is 1. The predicted molar refractivity (Wildman–Crippen MR) is 84.1 cm³/mol. The number of nitrogens with zero attached hydrogens (tertiary/aromatic N) is 2. The first kappa shape index (κ1) is 14.9. The maximum absolute atomic E-state index is 12.0. The van der Waals surface area contributed by atoms with Gasteiger partial charge in [-0.2, -0.15) is 5.10 Å². The number of hydrogen-bond acceptors (Lipinski definition) is 3. The summed E-state index contributed by atoms with van der Waals surface area (Å²) < 4.78 is 0. The van der Waals surface area contributed by atoms with Crippen LogP contribution in [0.5, 0.6) is 0 Å². The molecule has 0 aliphatic rings. The fourth-order valence-corrected chi connectivity index (χ4v) is 1.93. The molecule has 4 nitrogen and oxygen atoms in total. The van der Waals surface area contributed by atoms with Crippen molar-refractivity contribution in [1.82, 2.24) is 10.4 Å². The molecule has 1 aromatic heterocycles. The van der Waals surface area contributed by atoms with Crippen molar-refractivity contribution in [2.24, 2.45) is 11.0 Å². The molecule has 2 aromatic rings. The first-order valence-electron chi connectivity index (χ1n) is 6.99. The van der Waals surface area contributed by atoms with Gasteiger partial charge in [-0.25, -0.2) is 5.43 Å². The minimum Gasteiger partial charge on any atom is -0.267 e. The van der Waals surface area contributed by atoms with Crippen molar-refractivity contribution < 1.29 is 4.79 Å². The summed E-state index contributed by atoms with van der Waals surface area (Å²) in [6, 6.07) is 13.2. The van der Waals surface area contributed by atoms with Gasteiger partial charge in [0.25, 0.3) is 5.91 Å². The van der Waals surface area contributed by atoms with E-state index < -0.39 is 0 Å². The Morgan fingerprint density at radius 3 is 2.38 bits per heavy atom.